The molecular formula is C23H27N3O2. The van der Waals surface area contributed by atoms with Crippen molar-refractivity contribution in [3.8, 4) is 0 Å². The molecule has 0 spiro atoms. The monoisotopic (exact) mass is 377 g/mol. The van der Waals surface area contributed by atoms with Crippen LogP contribution in [0.4, 0.5) is 11.4 Å². The summed E-state index contributed by atoms with van der Waals surface area (Å²) in [6.07, 6.45) is 2.57. The van der Waals surface area contributed by atoms with Gasteiger partial charge in [-0.2, -0.15) is 0 Å². The van der Waals surface area contributed by atoms with Gasteiger partial charge in [-0.1, -0.05) is 36.4 Å². The number of hydrogen-bond donors (Lipinski definition) is 1. The van der Waals surface area contributed by atoms with Crippen LogP contribution in [0, 0.1) is 0 Å². The number of carbonyl (C=O) groups excluding carboxylic acids is 2. The highest BCUT2D eigenvalue weighted by Crippen LogP contribution is 2.29. The predicted molar refractivity (Wildman–Crippen MR) is 111 cm³/mol. The zero-order valence-electron chi connectivity index (χ0n) is 16.3. The van der Waals surface area contributed by atoms with E-state index in [1.807, 2.05) is 37.3 Å². The molecule has 0 aromatic heterocycles. The van der Waals surface area contributed by atoms with Crippen molar-refractivity contribution in [3.63, 3.8) is 0 Å². The Hall–Kier alpha value is -2.66. The maximum absolute atomic E-state index is 12.8. The van der Waals surface area contributed by atoms with E-state index in [1.165, 1.54) is 5.56 Å². The third kappa shape index (κ3) is 3.94. The van der Waals surface area contributed by atoms with Gasteiger partial charge in [-0.3, -0.25) is 14.5 Å². The first-order chi connectivity index (χ1) is 13.6. The second-order valence-corrected chi connectivity index (χ2v) is 7.76. The highest BCUT2D eigenvalue weighted by molar-refractivity contribution is 5.98. The molecule has 2 aromatic rings. The molecule has 2 aliphatic heterocycles. The van der Waals surface area contributed by atoms with E-state index in [0.29, 0.717) is 12.3 Å². The van der Waals surface area contributed by atoms with Crippen LogP contribution in [-0.4, -0.2) is 42.4 Å². The Morgan fingerprint density at radius 2 is 1.93 bits per heavy atom. The molecule has 2 aliphatic rings. The summed E-state index contributed by atoms with van der Waals surface area (Å²) in [5, 5.41) is 3.03. The molecule has 5 heteroatoms. The minimum atomic E-state index is -0.189. The zero-order valence-corrected chi connectivity index (χ0v) is 16.3. The summed E-state index contributed by atoms with van der Waals surface area (Å²) >= 11 is 0. The van der Waals surface area contributed by atoms with Crippen molar-refractivity contribution >= 4 is 23.2 Å². The van der Waals surface area contributed by atoms with E-state index in [1.54, 1.807) is 4.90 Å². The number of hydrogen-bond acceptors (Lipinski definition) is 3. The number of nitrogens with one attached hydrogen (secondary N) is 1. The van der Waals surface area contributed by atoms with E-state index in [-0.39, 0.29) is 17.9 Å². The van der Waals surface area contributed by atoms with E-state index < -0.39 is 0 Å². The molecule has 0 saturated carbocycles. The molecule has 2 fully saturated rings. The van der Waals surface area contributed by atoms with Gasteiger partial charge in [0.15, 0.2) is 0 Å². The van der Waals surface area contributed by atoms with Crippen LogP contribution in [0.1, 0.15) is 37.7 Å². The second-order valence-electron chi connectivity index (χ2n) is 7.76. The van der Waals surface area contributed by atoms with E-state index in [4.69, 9.17) is 0 Å². The van der Waals surface area contributed by atoms with Crippen molar-refractivity contribution in [1.29, 1.82) is 0 Å². The highest BCUT2D eigenvalue weighted by atomic mass is 16.2. The maximum atomic E-state index is 12.8. The smallest absolute Gasteiger partial charge is 0.241 e. The topological polar surface area (TPSA) is 52.7 Å². The lowest BCUT2D eigenvalue weighted by Crippen LogP contribution is -2.40. The van der Waals surface area contributed by atoms with Crippen LogP contribution in [0.3, 0.4) is 0 Å². The Labute approximate surface area is 166 Å². The Morgan fingerprint density at radius 3 is 2.68 bits per heavy atom. The second kappa shape index (κ2) is 8.15. The fourth-order valence-electron chi connectivity index (χ4n) is 4.22. The first-order valence-corrected chi connectivity index (χ1v) is 10.1. The van der Waals surface area contributed by atoms with Crippen LogP contribution >= 0.6 is 0 Å². The molecule has 5 nitrogen and oxygen atoms in total. The molecule has 2 heterocycles. The van der Waals surface area contributed by atoms with Gasteiger partial charge in [-0.25, -0.2) is 0 Å². The van der Waals surface area contributed by atoms with Gasteiger partial charge in [0.05, 0.1) is 6.04 Å². The Morgan fingerprint density at radius 1 is 1.11 bits per heavy atom. The first kappa shape index (κ1) is 18.7. The predicted octanol–water partition coefficient (Wildman–Crippen LogP) is 3.63. The third-order valence-corrected chi connectivity index (χ3v) is 5.92. The minimum Gasteiger partial charge on any atom is -0.325 e. The van der Waals surface area contributed by atoms with Gasteiger partial charge >= 0.3 is 0 Å². The lowest BCUT2D eigenvalue weighted by Gasteiger charge is -2.24. The first-order valence-electron chi connectivity index (χ1n) is 10.1. The Bertz CT molecular complexity index is 852. The lowest BCUT2D eigenvalue weighted by atomic mass is 9.99. The number of likely N-dealkylation sites (tertiary alicyclic amines) is 1. The Kier molecular flexibility index (Phi) is 5.44. The van der Waals surface area contributed by atoms with Crippen LogP contribution in [-0.2, 0) is 9.59 Å². The molecule has 146 valence electrons. The van der Waals surface area contributed by atoms with Gasteiger partial charge in [0, 0.05) is 30.9 Å². The van der Waals surface area contributed by atoms with Gasteiger partial charge in [0.2, 0.25) is 11.8 Å². The van der Waals surface area contributed by atoms with Crippen molar-refractivity contribution in [1.82, 2.24) is 4.90 Å². The Balaban J connectivity index is 1.38. The third-order valence-electron chi connectivity index (χ3n) is 5.92. The van der Waals surface area contributed by atoms with Crippen LogP contribution < -0.4 is 10.2 Å². The number of benzene rings is 2. The molecule has 0 radical (unpaired) electrons. The quantitative estimate of drug-likeness (QED) is 0.866. The van der Waals surface area contributed by atoms with Crippen molar-refractivity contribution in [2.45, 2.75) is 38.1 Å². The average molecular weight is 377 g/mol. The standard InChI is InChI=1S/C23H27N3O2/c1-17(25-14-12-19(16-25)18-7-3-2-4-8-18)23(28)24-20-9-5-10-21(15-20)26-13-6-11-22(26)27/h2-5,7-10,15,17,19H,6,11-14,16H2,1H3,(H,24,28)/t17-,19-/m1/s1. The van der Waals surface area contributed by atoms with Crippen LogP contribution in [0.25, 0.3) is 0 Å². The molecular weight excluding hydrogens is 350 g/mol. The summed E-state index contributed by atoms with van der Waals surface area (Å²) in [6.45, 7) is 4.55. The number of anilines is 2. The van der Waals surface area contributed by atoms with Gasteiger partial charge < -0.3 is 10.2 Å². The normalized spacial score (nSPS) is 21.1. The van der Waals surface area contributed by atoms with Crippen LogP contribution in [0.5, 0.6) is 0 Å². The summed E-state index contributed by atoms with van der Waals surface area (Å²) in [5.74, 6) is 0.639. The summed E-state index contributed by atoms with van der Waals surface area (Å²) in [6, 6.07) is 17.9. The number of rotatable bonds is 5. The molecule has 2 atom stereocenters. The molecule has 1 N–H and O–H groups in total. The summed E-state index contributed by atoms with van der Waals surface area (Å²) in [5.41, 5.74) is 2.95. The minimum absolute atomic E-state index is 0.00129. The molecule has 2 amide bonds. The summed E-state index contributed by atoms with van der Waals surface area (Å²) < 4.78 is 0. The van der Waals surface area contributed by atoms with Gasteiger partial charge in [0.1, 0.15) is 0 Å². The lowest BCUT2D eigenvalue weighted by molar-refractivity contribution is -0.120. The van der Waals surface area contributed by atoms with Crippen LogP contribution in [0.2, 0.25) is 0 Å². The van der Waals surface area contributed by atoms with Gasteiger partial charge in [-0.05, 0) is 56.0 Å². The number of nitrogens with zero attached hydrogens (tertiary/aromatic N) is 2. The molecule has 28 heavy (non-hydrogen) atoms. The fraction of sp³-hybridized carbons (Fsp3) is 0.391. The van der Waals surface area contributed by atoms with E-state index in [2.05, 4.69) is 34.5 Å². The largest absolute Gasteiger partial charge is 0.325 e. The summed E-state index contributed by atoms with van der Waals surface area (Å²) in [7, 11) is 0. The number of carbonyl (C=O) groups is 2. The summed E-state index contributed by atoms with van der Waals surface area (Å²) in [4.78, 5) is 28.8. The molecule has 0 aliphatic carbocycles. The van der Waals surface area contributed by atoms with E-state index >= 15 is 0 Å². The molecule has 2 saturated heterocycles. The van der Waals surface area contributed by atoms with Crippen molar-refractivity contribution < 1.29 is 9.59 Å². The fourth-order valence-corrected chi connectivity index (χ4v) is 4.22. The molecule has 4 rings (SSSR count). The van der Waals surface area contributed by atoms with E-state index in [9.17, 15) is 9.59 Å². The van der Waals surface area contributed by atoms with Gasteiger partial charge in [0.25, 0.3) is 0 Å². The van der Waals surface area contributed by atoms with E-state index in [0.717, 1.165) is 43.9 Å². The molecule has 0 unspecified atom stereocenters. The molecule has 0 bridgehead atoms. The van der Waals surface area contributed by atoms with Crippen molar-refractivity contribution in [3.05, 3.63) is 60.2 Å². The maximum Gasteiger partial charge on any atom is 0.241 e. The van der Waals surface area contributed by atoms with Crippen molar-refractivity contribution in [2.24, 2.45) is 0 Å². The zero-order chi connectivity index (χ0) is 19.5. The molecule has 2 aromatic carbocycles. The van der Waals surface area contributed by atoms with Crippen LogP contribution in [0.15, 0.2) is 54.6 Å². The average Bonchev–Trinajstić information content (AvgIpc) is 3.37. The highest BCUT2D eigenvalue weighted by Gasteiger charge is 2.30. The van der Waals surface area contributed by atoms with Crippen molar-refractivity contribution in [2.75, 3.05) is 29.9 Å². The van der Waals surface area contributed by atoms with Gasteiger partial charge in [-0.15, -0.1) is 0 Å². The SMILES string of the molecule is C[C@H](C(=O)Nc1cccc(N2CCCC2=O)c1)N1CC[C@@H](c2ccccc2)C1. The number of amides is 2.